The first-order valence-corrected chi connectivity index (χ1v) is 13.5. The number of hydrogen-bond donors (Lipinski definition) is 3. The number of carbonyl (C=O) groups excluding carboxylic acids is 5. The standard InChI is InChI=1S/C30H28N8O6/c1-44-29(43)23(7-4-12-38-27(41)20-5-2-3-6-21(20)28(38)42)34-26(40)18-8-10-19(11-9-18)37(16-39)15-17-13-22-24(31)35-30(32)36-25(22)33-14-17/h2-3,5-6,8-11,13-14,16,23H,4,7,12,15H2,1H3,(H,34,40)(H4,31,32,33,35,36)/t23-/m0/s1. The van der Waals surface area contributed by atoms with E-state index in [4.69, 9.17) is 16.2 Å². The summed E-state index contributed by atoms with van der Waals surface area (Å²) in [6.45, 7) is 0.228. The van der Waals surface area contributed by atoms with Crippen molar-refractivity contribution in [1.82, 2.24) is 25.2 Å². The summed E-state index contributed by atoms with van der Waals surface area (Å²) in [5, 5.41) is 3.15. The number of imide groups is 1. The average molecular weight is 597 g/mol. The van der Waals surface area contributed by atoms with Crippen LogP contribution in [0.3, 0.4) is 0 Å². The highest BCUT2D eigenvalue weighted by molar-refractivity contribution is 6.21. The molecule has 5 N–H and O–H groups in total. The summed E-state index contributed by atoms with van der Waals surface area (Å²) in [6, 6.07) is 13.5. The summed E-state index contributed by atoms with van der Waals surface area (Å²) >= 11 is 0. The number of anilines is 3. The van der Waals surface area contributed by atoms with E-state index >= 15 is 0 Å². The van der Waals surface area contributed by atoms with Gasteiger partial charge in [0.2, 0.25) is 12.4 Å². The van der Waals surface area contributed by atoms with Crippen molar-refractivity contribution < 1.29 is 28.7 Å². The van der Waals surface area contributed by atoms with E-state index in [1.807, 2.05) is 0 Å². The van der Waals surface area contributed by atoms with Gasteiger partial charge in [-0.2, -0.15) is 9.97 Å². The van der Waals surface area contributed by atoms with E-state index in [1.54, 1.807) is 48.7 Å². The fourth-order valence-corrected chi connectivity index (χ4v) is 4.90. The maximum atomic E-state index is 13.0. The van der Waals surface area contributed by atoms with E-state index in [0.717, 1.165) is 4.90 Å². The predicted molar refractivity (Wildman–Crippen MR) is 159 cm³/mol. The lowest BCUT2D eigenvalue weighted by Gasteiger charge is -2.20. The number of amides is 4. The summed E-state index contributed by atoms with van der Waals surface area (Å²) in [7, 11) is 1.20. The van der Waals surface area contributed by atoms with Gasteiger partial charge in [-0.25, -0.2) is 9.78 Å². The number of nitrogens with zero attached hydrogens (tertiary/aromatic N) is 5. The van der Waals surface area contributed by atoms with Gasteiger partial charge in [-0.05, 0) is 60.9 Å². The number of fused-ring (bicyclic) bond motifs is 2. The molecule has 1 atom stereocenters. The van der Waals surface area contributed by atoms with Crippen molar-refractivity contribution in [1.29, 1.82) is 0 Å². The number of nitrogen functional groups attached to an aromatic ring is 2. The monoisotopic (exact) mass is 596 g/mol. The molecular weight excluding hydrogens is 568 g/mol. The van der Waals surface area contributed by atoms with E-state index in [0.29, 0.717) is 39.8 Å². The summed E-state index contributed by atoms with van der Waals surface area (Å²) in [4.78, 5) is 77.4. The van der Waals surface area contributed by atoms with Gasteiger partial charge in [0, 0.05) is 24.0 Å². The fourth-order valence-electron chi connectivity index (χ4n) is 4.90. The van der Waals surface area contributed by atoms with Gasteiger partial charge in [-0.1, -0.05) is 12.1 Å². The molecule has 4 aromatic rings. The topological polar surface area (TPSA) is 204 Å². The van der Waals surface area contributed by atoms with Gasteiger partial charge in [0.1, 0.15) is 11.9 Å². The van der Waals surface area contributed by atoms with Gasteiger partial charge < -0.3 is 26.4 Å². The average Bonchev–Trinajstić information content (AvgIpc) is 3.27. The largest absolute Gasteiger partial charge is 0.467 e. The molecule has 14 nitrogen and oxygen atoms in total. The number of hydrogen-bond acceptors (Lipinski definition) is 11. The molecule has 0 bridgehead atoms. The van der Waals surface area contributed by atoms with Crippen LogP contribution in [0.25, 0.3) is 11.0 Å². The molecule has 44 heavy (non-hydrogen) atoms. The van der Waals surface area contributed by atoms with Gasteiger partial charge in [0.15, 0.2) is 5.65 Å². The number of esters is 1. The number of rotatable bonds is 11. The van der Waals surface area contributed by atoms with Crippen molar-refractivity contribution in [3.63, 3.8) is 0 Å². The van der Waals surface area contributed by atoms with Gasteiger partial charge in [0.05, 0.1) is 30.2 Å². The van der Waals surface area contributed by atoms with E-state index in [1.165, 1.54) is 24.1 Å². The number of ether oxygens (including phenoxy) is 1. The molecule has 0 saturated carbocycles. The lowest BCUT2D eigenvalue weighted by atomic mass is 10.1. The van der Waals surface area contributed by atoms with Crippen LogP contribution < -0.4 is 21.7 Å². The zero-order valence-electron chi connectivity index (χ0n) is 23.6. The maximum Gasteiger partial charge on any atom is 0.328 e. The molecule has 0 spiro atoms. The number of nitrogens with two attached hydrogens (primary N) is 2. The Labute approximate surface area is 251 Å². The first-order valence-electron chi connectivity index (χ1n) is 13.5. The van der Waals surface area contributed by atoms with Crippen molar-refractivity contribution in [3.8, 4) is 0 Å². The normalized spacial score (nSPS) is 13.0. The molecule has 1 aliphatic heterocycles. The number of benzene rings is 2. The van der Waals surface area contributed by atoms with Crippen LogP contribution in [0.15, 0.2) is 60.8 Å². The Morgan fingerprint density at radius 1 is 1.05 bits per heavy atom. The summed E-state index contributed by atoms with van der Waals surface area (Å²) in [5.74, 6) is -1.82. The molecule has 3 heterocycles. The van der Waals surface area contributed by atoms with Crippen molar-refractivity contribution in [2.45, 2.75) is 25.4 Å². The van der Waals surface area contributed by atoms with Gasteiger partial charge >= 0.3 is 5.97 Å². The third-order valence-electron chi connectivity index (χ3n) is 7.14. The second-order valence-electron chi connectivity index (χ2n) is 9.96. The Balaban J connectivity index is 1.21. The van der Waals surface area contributed by atoms with Crippen molar-refractivity contribution in [3.05, 3.63) is 83.0 Å². The number of aromatic nitrogens is 3. The van der Waals surface area contributed by atoms with Crippen molar-refractivity contribution in [2.75, 3.05) is 30.0 Å². The Bertz CT molecular complexity index is 1740. The van der Waals surface area contributed by atoms with E-state index < -0.39 is 29.7 Å². The third kappa shape index (κ3) is 5.99. The lowest BCUT2D eigenvalue weighted by Crippen LogP contribution is -2.42. The van der Waals surface area contributed by atoms with Gasteiger partial charge in [-0.3, -0.25) is 24.1 Å². The van der Waals surface area contributed by atoms with E-state index in [2.05, 4.69) is 20.3 Å². The highest BCUT2D eigenvalue weighted by Gasteiger charge is 2.35. The maximum absolute atomic E-state index is 13.0. The van der Waals surface area contributed by atoms with E-state index in [9.17, 15) is 24.0 Å². The lowest BCUT2D eigenvalue weighted by molar-refractivity contribution is -0.143. The summed E-state index contributed by atoms with van der Waals surface area (Å²) in [6.07, 6.45) is 2.58. The molecule has 1 aliphatic rings. The summed E-state index contributed by atoms with van der Waals surface area (Å²) in [5.41, 5.74) is 14.0. The Kier molecular flexibility index (Phi) is 8.42. The zero-order valence-corrected chi connectivity index (χ0v) is 23.6. The molecule has 4 amide bonds. The summed E-state index contributed by atoms with van der Waals surface area (Å²) < 4.78 is 4.85. The van der Waals surface area contributed by atoms with Gasteiger partial charge in [0.25, 0.3) is 17.7 Å². The molecule has 0 unspecified atom stereocenters. The quantitative estimate of drug-likeness (QED) is 0.129. The number of carbonyl (C=O) groups is 5. The minimum absolute atomic E-state index is 0.00759. The Morgan fingerprint density at radius 3 is 2.36 bits per heavy atom. The molecule has 0 radical (unpaired) electrons. The molecule has 14 heteroatoms. The molecule has 2 aromatic heterocycles. The third-order valence-corrected chi connectivity index (χ3v) is 7.14. The van der Waals surface area contributed by atoms with Crippen LogP contribution in [-0.2, 0) is 20.9 Å². The van der Waals surface area contributed by atoms with Crippen LogP contribution >= 0.6 is 0 Å². The van der Waals surface area contributed by atoms with Crippen LogP contribution in [0.1, 0.15) is 49.5 Å². The second kappa shape index (κ2) is 12.5. The molecule has 224 valence electrons. The first kappa shape index (κ1) is 29.6. The molecule has 2 aromatic carbocycles. The molecule has 0 saturated heterocycles. The number of pyridine rings is 1. The van der Waals surface area contributed by atoms with Crippen LogP contribution in [0.4, 0.5) is 17.5 Å². The Hall–Kier alpha value is -5.92. The van der Waals surface area contributed by atoms with Crippen molar-refractivity contribution >= 4 is 58.6 Å². The highest BCUT2D eigenvalue weighted by atomic mass is 16.5. The minimum Gasteiger partial charge on any atom is -0.467 e. The molecule has 5 rings (SSSR count). The van der Waals surface area contributed by atoms with Crippen molar-refractivity contribution in [2.24, 2.45) is 0 Å². The fraction of sp³-hybridized carbons (Fsp3) is 0.200. The Morgan fingerprint density at radius 2 is 1.73 bits per heavy atom. The zero-order chi connectivity index (χ0) is 31.4. The molecule has 0 aliphatic carbocycles. The van der Waals surface area contributed by atoms with Crippen LogP contribution in [0, 0.1) is 0 Å². The van der Waals surface area contributed by atoms with E-state index in [-0.39, 0.29) is 43.3 Å². The van der Waals surface area contributed by atoms with Crippen LogP contribution in [0.2, 0.25) is 0 Å². The number of nitrogens with one attached hydrogen (secondary N) is 1. The van der Waals surface area contributed by atoms with Crippen LogP contribution in [0.5, 0.6) is 0 Å². The first-order chi connectivity index (χ1) is 21.2. The molecule has 0 fully saturated rings. The predicted octanol–water partition coefficient (Wildman–Crippen LogP) is 1.70. The second-order valence-corrected chi connectivity index (χ2v) is 9.96. The SMILES string of the molecule is COC(=O)[C@H](CCCN1C(=O)c2ccccc2C1=O)NC(=O)c1ccc(N(C=O)Cc2cnc3nc(N)nc(N)c3c2)cc1. The highest BCUT2D eigenvalue weighted by Crippen LogP contribution is 2.24. The van der Waals surface area contributed by atoms with Crippen LogP contribution in [-0.4, -0.2) is 69.6 Å². The van der Waals surface area contributed by atoms with Gasteiger partial charge in [-0.15, -0.1) is 0 Å². The smallest absolute Gasteiger partial charge is 0.328 e. The molecular formula is C30H28N8O6. The number of methoxy groups -OCH3 is 1. The minimum atomic E-state index is -1.01.